The summed E-state index contributed by atoms with van der Waals surface area (Å²) < 4.78 is 10.4. The Kier molecular flexibility index (Phi) is 6.59. The first-order chi connectivity index (χ1) is 9.42. The summed E-state index contributed by atoms with van der Waals surface area (Å²) in [6.07, 6.45) is 0.927. The molecule has 0 fully saturated rings. The van der Waals surface area contributed by atoms with Gasteiger partial charge in [-0.05, 0) is 30.4 Å². The summed E-state index contributed by atoms with van der Waals surface area (Å²) in [5.74, 6) is 1.51. The number of methoxy groups -OCH3 is 2. The minimum absolute atomic E-state index is 0.392. The predicted molar refractivity (Wildman–Crippen MR) is 81.6 cm³/mol. The molecule has 5 heteroatoms. The van der Waals surface area contributed by atoms with Gasteiger partial charge in [-0.15, -0.1) is 0 Å². The summed E-state index contributed by atoms with van der Waals surface area (Å²) in [7, 11) is 3.07. The van der Waals surface area contributed by atoms with Crippen molar-refractivity contribution >= 4 is 11.6 Å². The molecule has 20 heavy (non-hydrogen) atoms. The predicted octanol–water partition coefficient (Wildman–Crippen LogP) is 3.15. The molecule has 1 rings (SSSR count). The Hall–Kier alpha value is -0.970. The van der Waals surface area contributed by atoms with Crippen molar-refractivity contribution in [3.63, 3.8) is 0 Å². The lowest BCUT2D eigenvalue weighted by atomic mass is 9.95. The van der Waals surface area contributed by atoms with Gasteiger partial charge in [0, 0.05) is 0 Å². The third kappa shape index (κ3) is 4.01. The maximum atomic E-state index is 10.2. The van der Waals surface area contributed by atoms with Crippen LogP contribution in [-0.4, -0.2) is 25.4 Å². The zero-order chi connectivity index (χ0) is 15.3. The number of aliphatic hydroxyl groups excluding tert-OH is 1. The number of hydrogen-bond donors (Lipinski definition) is 2. The quantitative estimate of drug-likeness (QED) is 0.812. The van der Waals surface area contributed by atoms with Gasteiger partial charge in [-0.25, -0.2) is 0 Å². The van der Waals surface area contributed by atoms with E-state index in [0.29, 0.717) is 34.4 Å². The second-order valence-electron chi connectivity index (χ2n) is 5.27. The van der Waals surface area contributed by atoms with E-state index in [1.807, 2.05) is 0 Å². The minimum Gasteiger partial charge on any atom is -0.493 e. The molecule has 0 radical (unpaired) electrons. The molecule has 114 valence electrons. The van der Waals surface area contributed by atoms with E-state index in [4.69, 9.17) is 26.8 Å². The second-order valence-corrected chi connectivity index (χ2v) is 5.65. The summed E-state index contributed by atoms with van der Waals surface area (Å²) >= 11 is 6.30. The fraction of sp³-hybridized carbons (Fsp3) is 0.600. The highest BCUT2D eigenvalue weighted by atomic mass is 35.5. The summed E-state index contributed by atoms with van der Waals surface area (Å²) in [4.78, 5) is 0. The first kappa shape index (κ1) is 17.1. The molecule has 0 aliphatic heterocycles. The SMILES string of the molecule is COc1ccc([C@@H](N)[C@@H](O)CCC(C)C)c(Cl)c1OC. The van der Waals surface area contributed by atoms with Crippen LogP contribution in [0.25, 0.3) is 0 Å². The maximum absolute atomic E-state index is 10.2. The molecule has 0 unspecified atom stereocenters. The number of benzene rings is 1. The Labute approximate surface area is 125 Å². The summed E-state index contributed by atoms with van der Waals surface area (Å²) in [5, 5.41) is 10.6. The van der Waals surface area contributed by atoms with Crippen LogP contribution in [0.1, 0.15) is 38.3 Å². The van der Waals surface area contributed by atoms with Crippen molar-refractivity contribution in [2.45, 2.75) is 38.8 Å². The molecule has 4 nitrogen and oxygen atoms in total. The summed E-state index contributed by atoms with van der Waals surface area (Å²) in [6.45, 7) is 4.23. The van der Waals surface area contributed by atoms with Crippen molar-refractivity contribution in [3.05, 3.63) is 22.7 Å². The first-order valence-electron chi connectivity index (χ1n) is 6.76. The zero-order valence-corrected chi connectivity index (χ0v) is 13.3. The number of rotatable bonds is 7. The third-order valence-electron chi connectivity index (χ3n) is 3.33. The normalized spacial score (nSPS) is 14.2. The van der Waals surface area contributed by atoms with E-state index in [1.165, 1.54) is 7.11 Å². The molecule has 1 aromatic rings. The first-order valence-corrected chi connectivity index (χ1v) is 7.14. The largest absolute Gasteiger partial charge is 0.493 e. The Bertz CT molecular complexity index is 437. The van der Waals surface area contributed by atoms with E-state index in [0.717, 1.165) is 6.42 Å². The molecule has 0 bridgehead atoms. The topological polar surface area (TPSA) is 64.7 Å². The highest BCUT2D eigenvalue weighted by Gasteiger charge is 2.23. The van der Waals surface area contributed by atoms with Crippen molar-refractivity contribution in [1.82, 2.24) is 0 Å². The van der Waals surface area contributed by atoms with Crippen LogP contribution in [0.15, 0.2) is 12.1 Å². The molecule has 2 atom stereocenters. The van der Waals surface area contributed by atoms with Gasteiger partial charge in [-0.1, -0.05) is 31.5 Å². The average molecular weight is 302 g/mol. The van der Waals surface area contributed by atoms with Crippen LogP contribution in [-0.2, 0) is 0 Å². The Balaban J connectivity index is 2.95. The van der Waals surface area contributed by atoms with Crippen molar-refractivity contribution in [2.75, 3.05) is 14.2 Å². The molecule has 3 N–H and O–H groups in total. The Morgan fingerprint density at radius 2 is 1.85 bits per heavy atom. The van der Waals surface area contributed by atoms with Crippen LogP contribution >= 0.6 is 11.6 Å². The molecule has 0 aliphatic carbocycles. The molecular formula is C15H24ClNO3. The fourth-order valence-electron chi connectivity index (χ4n) is 2.05. The van der Waals surface area contributed by atoms with E-state index in [9.17, 15) is 5.11 Å². The molecular weight excluding hydrogens is 278 g/mol. The van der Waals surface area contributed by atoms with Gasteiger partial charge in [-0.3, -0.25) is 0 Å². The van der Waals surface area contributed by atoms with E-state index < -0.39 is 12.1 Å². The lowest BCUT2D eigenvalue weighted by Crippen LogP contribution is -2.27. The number of ether oxygens (including phenoxy) is 2. The van der Waals surface area contributed by atoms with E-state index in [1.54, 1.807) is 19.2 Å². The van der Waals surface area contributed by atoms with Crippen molar-refractivity contribution in [2.24, 2.45) is 11.7 Å². The molecule has 0 saturated heterocycles. The molecule has 0 amide bonds. The van der Waals surface area contributed by atoms with Crippen LogP contribution < -0.4 is 15.2 Å². The standard InChI is InChI=1S/C15H24ClNO3/c1-9(2)5-7-11(18)14(17)10-6-8-12(19-3)15(20-4)13(10)16/h6,8-9,11,14,18H,5,7,17H2,1-4H3/t11-,14+/m0/s1. The number of aliphatic hydroxyl groups is 1. The van der Waals surface area contributed by atoms with Gasteiger partial charge >= 0.3 is 0 Å². The average Bonchev–Trinajstić information content (AvgIpc) is 2.43. The minimum atomic E-state index is -0.631. The van der Waals surface area contributed by atoms with Crippen LogP contribution in [0.3, 0.4) is 0 Å². The maximum Gasteiger partial charge on any atom is 0.179 e. The molecule has 0 aliphatic rings. The molecule has 0 spiro atoms. The number of nitrogens with two attached hydrogens (primary N) is 1. The monoisotopic (exact) mass is 301 g/mol. The van der Waals surface area contributed by atoms with Gasteiger partial charge in [0.1, 0.15) is 0 Å². The van der Waals surface area contributed by atoms with Gasteiger partial charge < -0.3 is 20.3 Å². The number of hydrogen-bond acceptors (Lipinski definition) is 4. The lowest BCUT2D eigenvalue weighted by molar-refractivity contribution is 0.128. The van der Waals surface area contributed by atoms with E-state index in [2.05, 4.69) is 13.8 Å². The van der Waals surface area contributed by atoms with Crippen LogP contribution in [0.4, 0.5) is 0 Å². The molecule has 1 aromatic carbocycles. The van der Waals surface area contributed by atoms with Gasteiger partial charge in [0.25, 0.3) is 0 Å². The van der Waals surface area contributed by atoms with Gasteiger partial charge in [0.15, 0.2) is 11.5 Å². The Morgan fingerprint density at radius 3 is 2.35 bits per heavy atom. The van der Waals surface area contributed by atoms with Gasteiger partial charge in [0.2, 0.25) is 0 Å². The van der Waals surface area contributed by atoms with Crippen LogP contribution in [0, 0.1) is 5.92 Å². The summed E-state index contributed by atoms with van der Waals surface area (Å²) in [6, 6.07) is 2.98. The van der Waals surface area contributed by atoms with Crippen molar-refractivity contribution < 1.29 is 14.6 Å². The Morgan fingerprint density at radius 1 is 1.20 bits per heavy atom. The number of halogens is 1. The van der Waals surface area contributed by atoms with Crippen LogP contribution in [0.5, 0.6) is 11.5 Å². The zero-order valence-electron chi connectivity index (χ0n) is 12.5. The third-order valence-corrected chi connectivity index (χ3v) is 3.72. The van der Waals surface area contributed by atoms with E-state index in [-0.39, 0.29) is 0 Å². The van der Waals surface area contributed by atoms with Crippen LogP contribution in [0.2, 0.25) is 5.02 Å². The highest BCUT2D eigenvalue weighted by Crippen LogP contribution is 2.40. The smallest absolute Gasteiger partial charge is 0.179 e. The lowest BCUT2D eigenvalue weighted by Gasteiger charge is -2.22. The van der Waals surface area contributed by atoms with Gasteiger partial charge in [0.05, 0.1) is 31.4 Å². The molecule has 0 saturated carbocycles. The highest BCUT2D eigenvalue weighted by molar-refractivity contribution is 6.33. The van der Waals surface area contributed by atoms with Crippen molar-refractivity contribution in [3.8, 4) is 11.5 Å². The van der Waals surface area contributed by atoms with Gasteiger partial charge in [-0.2, -0.15) is 0 Å². The fourth-order valence-corrected chi connectivity index (χ4v) is 2.41. The molecule has 0 aromatic heterocycles. The summed E-state index contributed by atoms with van der Waals surface area (Å²) in [5.41, 5.74) is 6.78. The molecule has 0 heterocycles. The second kappa shape index (κ2) is 7.72. The van der Waals surface area contributed by atoms with E-state index >= 15 is 0 Å². The van der Waals surface area contributed by atoms with Crippen molar-refractivity contribution in [1.29, 1.82) is 0 Å².